The number of aryl methyl sites for hydroxylation is 1. The van der Waals surface area contributed by atoms with E-state index in [0.29, 0.717) is 21.4 Å². The van der Waals surface area contributed by atoms with Gasteiger partial charge in [-0.3, -0.25) is 9.69 Å². The highest BCUT2D eigenvalue weighted by Gasteiger charge is 2.33. The summed E-state index contributed by atoms with van der Waals surface area (Å²) in [5, 5.41) is 3.23. The zero-order valence-electron chi connectivity index (χ0n) is 14.2. The Balaban J connectivity index is 1.85. The molecule has 0 unspecified atom stereocenters. The molecule has 0 saturated carbocycles. The third-order valence-corrected chi connectivity index (χ3v) is 4.48. The average molecular weight is 391 g/mol. The third kappa shape index (κ3) is 3.69. The fourth-order valence-corrected chi connectivity index (χ4v) is 3.39. The molecule has 0 aliphatic carbocycles. The number of urea groups is 1. The van der Waals surface area contributed by atoms with Gasteiger partial charge in [-0.2, -0.15) is 0 Å². The lowest BCUT2D eigenvalue weighted by molar-refractivity contribution is -0.123. The van der Waals surface area contributed by atoms with Crippen LogP contribution >= 0.6 is 23.2 Å². The Labute approximate surface area is 161 Å². The molecule has 0 atom stereocenters. The van der Waals surface area contributed by atoms with Crippen LogP contribution in [0.5, 0.6) is 5.75 Å². The van der Waals surface area contributed by atoms with Gasteiger partial charge in [-0.05, 0) is 36.3 Å². The first-order valence-electron chi connectivity index (χ1n) is 7.82. The van der Waals surface area contributed by atoms with Gasteiger partial charge < -0.3 is 10.1 Å². The molecule has 0 radical (unpaired) electrons. The van der Waals surface area contributed by atoms with Gasteiger partial charge in [-0.15, -0.1) is 0 Å². The molecule has 0 bridgehead atoms. The number of amides is 3. The van der Waals surface area contributed by atoms with E-state index in [2.05, 4.69) is 5.32 Å². The van der Waals surface area contributed by atoms with E-state index in [-0.39, 0.29) is 12.2 Å². The second-order valence-electron chi connectivity index (χ2n) is 5.89. The van der Waals surface area contributed by atoms with Gasteiger partial charge in [0.05, 0.1) is 23.7 Å². The zero-order chi connectivity index (χ0) is 18.8. The molecule has 1 fully saturated rings. The molecule has 1 saturated heterocycles. The zero-order valence-corrected chi connectivity index (χ0v) is 15.7. The van der Waals surface area contributed by atoms with Gasteiger partial charge in [-0.25, -0.2) is 4.79 Å². The molecule has 0 aromatic heterocycles. The fourth-order valence-electron chi connectivity index (χ4n) is 2.73. The van der Waals surface area contributed by atoms with E-state index in [4.69, 9.17) is 27.9 Å². The number of carbonyl (C=O) groups is 2. The van der Waals surface area contributed by atoms with Crippen LogP contribution in [0, 0.1) is 6.92 Å². The molecule has 1 aliphatic rings. The molecular formula is C19H16Cl2N2O3. The minimum absolute atomic E-state index is 0.167. The van der Waals surface area contributed by atoms with Crippen LogP contribution in [0.1, 0.15) is 16.7 Å². The van der Waals surface area contributed by atoms with E-state index in [1.165, 1.54) is 13.2 Å². The minimum Gasteiger partial charge on any atom is -0.494 e. The van der Waals surface area contributed by atoms with Crippen LogP contribution < -0.4 is 10.1 Å². The second kappa shape index (κ2) is 7.40. The maximum absolute atomic E-state index is 12.6. The number of carbonyl (C=O) groups excluding carboxylic acids is 2. The summed E-state index contributed by atoms with van der Waals surface area (Å²) in [7, 11) is 1.47. The van der Waals surface area contributed by atoms with Crippen molar-refractivity contribution < 1.29 is 14.3 Å². The average Bonchev–Trinajstić information content (AvgIpc) is 2.82. The number of ether oxygens (including phenoxy) is 1. The summed E-state index contributed by atoms with van der Waals surface area (Å²) in [6, 6.07) is 10.4. The van der Waals surface area contributed by atoms with Gasteiger partial charge in [0.2, 0.25) is 0 Å². The molecule has 1 heterocycles. The predicted octanol–water partition coefficient (Wildman–Crippen LogP) is 4.40. The van der Waals surface area contributed by atoms with Crippen molar-refractivity contribution in [1.82, 2.24) is 10.2 Å². The van der Waals surface area contributed by atoms with Crippen molar-refractivity contribution in [2.45, 2.75) is 13.5 Å². The number of benzene rings is 2. The Bertz CT molecular complexity index is 902. The smallest absolute Gasteiger partial charge is 0.329 e. The largest absolute Gasteiger partial charge is 0.494 e. The van der Waals surface area contributed by atoms with E-state index >= 15 is 0 Å². The molecule has 7 heteroatoms. The van der Waals surface area contributed by atoms with Crippen LogP contribution in [-0.2, 0) is 11.3 Å². The molecule has 134 valence electrons. The van der Waals surface area contributed by atoms with Crippen molar-refractivity contribution >= 4 is 41.2 Å². The van der Waals surface area contributed by atoms with Gasteiger partial charge in [0.1, 0.15) is 5.70 Å². The summed E-state index contributed by atoms with van der Waals surface area (Å²) in [5.74, 6) is -0.0436. The van der Waals surface area contributed by atoms with E-state index in [9.17, 15) is 9.59 Å². The molecule has 2 aromatic carbocycles. The minimum atomic E-state index is -0.464. The molecule has 5 nitrogen and oxygen atoms in total. The van der Waals surface area contributed by atoms with Crippen LogP contribution in [-0.4, -0.2) is 23.9 Å². The Morgan fingerprint density at radius 1 is 1.15 bits per heavy atom. The van der Waals surface area contributed by atoms with Gasteiger partial charge in [0.25, 0.3) is 5.91 Å². The highest BCUT2D eigenvalue weighted by atomic mass is 35.5. The number of hydrogen-bond donors (Lipinski definition) is 1. The van der Waals surface area contributed by atoms with Gasteiger partial charge in [-0.1, -0.05) is 53.0 Å². The lowest BCUT2D eigenvalue weighted by atomic mass is 10.1. The number of halogens is 2. The summed E-state index contributed by atoms with van der Waals surface area (Å²) in [4.78, 5) is 25.9. The highest BCUT2D eigenvalue weighted by Crippen LogP contribution is 2.34. The van der Waals surface area contributed by atoms with Crippen LogP contribution in [0.2, 0.25) is 10.0 Å². The standard InChI is InChI=1S/C19H16Cl2N2O3/c1-11-4-3-5-12(6-11)10-23-18(24)16(22-19(23)25)9-13-7-14(20)17(26-2)15(21)8-13/h3-9H,10H2,1-2H3,(H,22,25)/b16-9+. The number of methoxy groups -OCH3 is 1. The van der Waals surface area contributed by atoms with E-state index in [1.807, 2.05) is 31.2 Å². The number of imide groups is 1. The Kier molecular flexibility index (Phi) is 5.20. The van der Waals surface area contributed by atoms with Crippen molar-refractivity contribution in [1.29, 1.82) is 0 Å². The summed E-state index contributed by atoms with van der Waals surface area (Å²) >= 11 is 12.2. The van der Waals surface area contributed by atoms with Crippen LogP contribution in [0.25, 0.3) is 6.08 Å². The second-order valence-corrected chi connectivity index (χ2v) is 6.70. The summed E-state index contributed by atoms with van der Waals surface area (Å²) in [5.41, 5.74) is 2.69. The highest BCUT2D eigenvalue weighted by molar-refractivity contribution is 6.37. The monoisotopic (exact) mass is 390 g/mol. The topological polar surface area (TPSA) is 58.6 Å². The van der Waals surface area contributed by atoms with Crippen molar-refractivity contribution in [2.24, 2.45) is 0 Å². The number of nitrogens with one attached hydrogen (secondary N) is 1. The molecule has 3 rings (SSSR count). The van der Waals surface area contributed by atoms with E-state index < -0.39 is 11.9 Å². The summed E-state index contributed by atoms with van der Waals surface area (Å²) in [6.07, 6.45) is 1.54. The van der Waals surface area contributed by atoms with Crippen LogP contribution in [0.3, 0.4) is 0 Å². The number of nitrogens with zero attached hydrogens (tertiary/aromatic N) is 1. The molecule has 1 aliphatic heterocycles. The normalized spacial score (nSPS) is 15.5. The molecule has 2 aromatic rings. The van der Waals surface area contributed by atoms with E-state index in [1.54, 1.807) is 12.1 Å². The van der Waals surface area contributed by atoms with Crippen LogP contribution in [0.15, 0.2) is 42.1 Å². The lowest BCUT2D eigenvalue weighted by Crippen LogP contribution is -2.30. The number of rotatable bonds is 4. The predicted molar refractivity (Wildman–Crippen MR) is 101 cm³/mol. The first-order valence-corrected chi connectivity index (χ1v) is 8.57. The maximum Gasteiger partial charge on any atom is 0.329 e. The van der Waals surface area contributed by atoms with Gasteiger partial charge in [0, 0.05) is 0 Å². The van der Waals surface area contributed by atoms with Gasteiger partial charge >= 0.3 is 6.03 Å². The quantitative estimate of drug-likeness (QED) is 0.621. The molecular weight excluding hydrogens is 375 g/mol. The first kappa shape index (κ1) is 18.3. The first-order chi connectivity index (χ1) is 12.4. The van der Waals surface area contributed by atoms with Crippen molar-refractivity contribution in [3.63, 3.8) is 0 Å². The van der Waals surface area contributed by atoms with Crippen LogP contribution in [0.4, 0.5) is 4.79 Å². The van der Waals surface area contributed by atoms with Crippen molar-refractivity contribution in [3.8, 4) is 5.75 Å². The summed E-state index contributed by atoms with van der Waals surface area (Å²) in [6.45, 7) is 2.16. The fraction of sp³-hybridized carbons (Fsp3) is 0.158. The SMILES string of the molecule is COc1c(Cl)cc(/C=C2/NC(=O)N(Cc3cccc(C)c3)C2=O)cc1Cl. The van der Waals surface area contributed by atoms with E-state index in [0.717, 1.165) is 16.0 Å². The van der Waals surface area contributed by atoms with Crippen molar-refractivity contribution in [2.75, 3.05) is 7.11 Å². The maximum atomic E-state index is 12.6. The Morgan fingerprint density at radius 2 is 1.85 bits per heavy atom. The lowest BCUT2D eigenvalue weighted by Gasteiger charge is -2.12. The Hall–Kier alpha value is -2.50. The third-order valence-electron chi connectivity index (χ3n) is 3.92. The molecule has 26 heavy (non-hydrogen) atoms. The Morgan fingerprint density at radius 3 is 2.46 bits per heavy atom. The van der Waals surface area contributed by atoms with Crippen molar-refractivity contribution in [3.05, 3.63) is 68.8 Å². The van der Waals surface area contributed by atoms with Gasteiger partial charge in [0.15, 0.2) is 5.75 Å². The molecule has 0 spiro atoms. The number of hydrogen-bond acceptors (Lipinski definition) is 3. The molecule has 1 N–H and O–H groups in total. The molecule has 3 amide bonds. The summed E-state index contributed by atoms with van der Waals surface area (Å²) < 4.78 is 5.10.